The molecule has 0 N–H and O–H groups in total. The summed E-state index contributed by atoms with van der Waals surface area (Å²) in [5.41, 5.74) is -1.34. The first-order chi connectivity index (χ1) is 7.98. The topological polar surface area (TPSA) is 0 Å². The Morgan fingerprint density at radius 3 is 2.35 bits per heavy atom. The van der Waals surface area contributed by atoms with Gasteiger partial charge in [-0.05, 0) is 43.9 Å². The second-order valence-electron chi connectivity index (χ2n) is 6.08. The Kier molecular flexibility index (Phi) is 3.74. The van der Waals surface area contributed by atoms with Gasteiger partial charge in [-0.2, -0.15) is 13.2 Å². The van der Waals surface area contributed by atoms with E-state index in [0.717, 1.165) is 25.7 Å². The molecule has 2 atom stereocenters. The first-order valence-electron chi connectivity index (χ1n) is 7.05. The molecule has 2 saturated carbocycles. The lowest BCUT2D eigenvalue weighted by molar-refractivity contribution is -0.243. The molecule has 17 heavy (non-hydrogen) atoms. The van der Waals surface area contributed by atoms with Gasteiger partial charge < -0.3 is 0 Å². The minimum absolute atomic E-state index is 0.357. The molecule has 100 valence electrons. The lowest BCUT2D eigenvalue weighted by atomic mass is 9.65. The molecular weight excluding hydrogens is 225 g/mol. The second-order valence-corrected chi connectivity index (χ2v) is 6.08. The quantitative estimate of drug-likeness (QED) is 0.631. The van der Waals surface area contributed by atoms with Crippen molar-refractivity contribution in [2.24, 2.45) is 17.3 Å². The maximum atomic E-state index is 13.4. The third-order valence-corrected chi connectivity index (χ3v) is 4.78. The molecular formula is C14H23F3. The first-order valence-corrected chi connectivity index (χ1v) is 7.05. The molecule has 0 aliphatic heterocycles. The Hall–Kier alpha value is -0.210. The molecule has 2 aliphatic rings. The molecule has 3 heteroatoms. The highest BCUT2D eigenvalue weighted by atomic mass is 19.4. The van der Waals surface area contributed by atoms with Gasteiger partial charge in [0, 0.05) is 0 Å². The van der Waals surface area contributed by atoms with Gasteiger partial charge in [0.1, 0.15) is 0 Å². The summed E-state index contributed by atoms with van der Waals surface area (Å²) in [6.45, 7) is 1.98. The van der Waals surface area contributed by atoms with Gasteiger partial charge in [0.25, 0.3) is 0 Å². The summed E-state index contributed by atoms with van der Waals surface area (Å²) < 4.78 is 40.1. The van der Waals surface area contributed by atoms with Crippen LogP contribution in [0.2, 0.25) is 0 Å². The van der Waals surface area contributed by atoms with E-state index in [9.17, 15) is 13.2 Å². The molecule has 0 aromatic rings. The molecule has 2 fully saturated rings. The van der Waals surface area contributed by atoms with Crippen LogP contribution in [0.25, 0.3) is 0 Å². The van der Waals surface area contributed by atoms with Crippen LogP contribution in [-0.4, -0.2) is 6.18 Å². The van der Waals surface area contributed by atoms with Crippen LogP contribution in [0, 0.1) is 17.3 Å². The molecule has 0 aromatic heterocycles. The van der Waals surface area contributed by atoms with Gasteiger partial charge in [-0.3, -0.25) is 0 Å². The van der Waals surface area contributed by atoms with Gasteiger partial charge in [-0.25, -0.2) is 0 Å². The number of hydrogen-bond donors (Lipinski definition) is 0. The molecule has 0 spiro atoms. The van der Waals surface area contributed by atoms with E-state index in [1.54, 1.807) is 0 Å². The van der Waals surface area contributed by atoms with E-state index in [-0.39, 0.29) is 0 Å². The van der Waals surface area contributed by atoms with Gasteiger partial charge in [0.05, 0.1) is 5.41 Å². The maximum absolute atomic E-state index is 13.4. The molecule has 0 radical (unpaired) electrons. The predicted octanol–water partition coefficient (Wildman–Crippen LogP) is 5.33. The highest BCUT2D eigenvalue weighted by Gasteiger charge is 2.56. The molecule has 2 rings (SSSR count). The summed E-state index contributed by atoms with van der Waals surface area (Å²) in [6, 6.07) is 0. The first kappa shape index (κ1) is 13.2. The van der Waals surface area contributed by atoms with Crippen molar-refractivity contribution in [1.82, 2.24) is 0 Å². The fraction of sp³-hybridized carbons (Fsp3) is 1.00. The molecule has 0 saturated heterocycles. The maximum Gasteiger partial charge on any atom is 0.394 e. The number of hydrogen-bond acceptors (Lipinski definition) is 0. The van der Waals surface area contributed by atoms with Crippen LogP contribution < -0.4 is 0 Å². The smallest absolute Gasteiger partial charge is 0.171 e. The monoisotopic (exact) mass is 248 g/mol. The number of alkyl halides is 3. The van der Waals surface area contributed by atoms with E-state index in [0.29, 0.717) is 31.1 Å². The van der Waals surface area contributed by atoms with Crippen LogP contribution in [0.5, 0.6) is 0 Å². The summed E-state index contributed by atoms with van der Waals surface area (Å²) in [6.07, 6.45) is 2.91. The molecule has 2 aliphatic carbocycles. The zero-order chi connectivity index (χ0) is 12.5. The van der Waals surface area contributed by atoms with Crippen LogP contribution in [0.4, 0.5) is 13.2 Å². The van der Waals surface area contributed by atoms with Gasteiger partial charge >= 0.3 is 6.18 Å². The van der Waals surface area contributed by atoms with Crippen molar-refractivity contribution in [1.29, 1.82) is 0 Å². The Bertz CT molecular complexity index is 255. The van der Waals surface area contributed by atoms with E-state index in [2.05, 4.69) is 0 Å². The third kappa shape index (κ3) is 2.79. The normalized spacial score (nSPS) is 34.9. The summed E-state index contributed by atoms with van der Waals surface area (Å²) in [4.78, 5) is 0. The SMILES string of the molecule is CCCCC1(C(F)(F)F)CCCC(C2CC2)C1. The fourth-order valence-electron chi connectivity index (χ4n) is 3.52. The van der Waals surface area contributed by atoms with Gasteiger partial charge in [-0.1, -0.05) is 32.6 Å². The van der Waals surface area contributed by atoms with Crippen molar-refractivity contribution in [3.05, 3.63) is 0 Å². The Balaban J connectivity index is 2.08. The van der Waals surface area contributed by atoms with E-state index in [4.69, 9.17) is 0 Å². The fourth-order valence-corrected chi connectivity index (χ4v) is 3.52. The van der Waals surface area contributed by atoms with Crippen LogP contribution in [0.15, 0.2) is 0 Å². The minimum atomic E-state index is -3.99. The van der Waals surface area contributed by atoms with Crippen molar-refractivity contribution in [2.75, 3.05) is 0 Å². The van der Waals surface area contributed by atoms with Crippen molar-refractivity contribution >= 4 is 0 Å². The van der Waals surface area contributed by atoms with Crippen molar-refractivity contribution in [3.63, 3.8) is 0 Å². The summed E-state index contributed by atoms with van der Waals surface area (Å²) >= 11 is 0. The largest absolute Gasteiger partial charge is 0.394 e. The standard InChI is InChI=1S/C14H23F3/c1-2-3-8-13(14(15,16)17)9-4-5-12(10-13)11-6-7-11/h11-12H,2-10H2,1H3. The van der Waals surface area contributed by atoms with Crippen LogP contribution in [0.3, 0.4) is 0 Å². The van der Waals surface area contributed by atoms with E-state index < -0.39 is 11.6 Å². The summed E-state index contributed by atoms with van der Waals surface area (Å²) in [7, 11) is 0. The Labute approximate surface area is 102 Å². The minimum Gasteiger partial charge on any atom is -0.171 e. The molecule has 2 unspecified atom stereocenters. The van der Waals surface area contributed by atoms with E-state index >= 15 is 0 Å². The van der Waals surface area contributed by atoms with Gasteiger partial charge in [-0.15, -0.1) is 0 Å². The van der Waals surface area contributed by atoms with Crippen molar-refractivity contribution < 1.29 is 13.2 Å². The number of rotatable bonds is 4. The molecule has 0 nitrogen and oxygen atoms in total. The number of halogens is 3. The van der Waals surface area contributed by atoms with E-state index in [1.807, 2.05) is 6.92 Å². The average Bonchev–Trinajstić information content (AvgIpc) is 3.09. The Morgan fingerprint density at radius 2 is 1.82 bits per heavy atom. The van der Waals surface area contributed by atoms with Gasteiger partial charge in [0.15, 0.2) is 0 Å². The lowest BCUT2D eigenvalue weighted by Crippen LogP contribution is -2.42. The molecule has 0 heterocycles. The Morgan fingerprint density at radius 1 is 1.12 bits per heavy atom. The van der Waals surface area contributed by atoms with Crippen LogP contribution >= 0.6 is 0 Å². The van der Waals surface area contributed by atoms with E-state index in [1.165, 1.54) is 12.8 Å². The molecule has 0 aromatic carbocycles. The lowest BCUT2D eigenvalue weighted by Gasteiger charge is -2.42. The third-order valence-electron chi connectivity index (χ3n) is 4.78. The van der Waals surface area contributed by atoms with Crippen molar-refractivity contribution in [3.8, 4) is 0 Å². The highest BCUT2D eigenvalue weighted by Crippen LogP contribution is 2.57. The average molecular weight is 248 g/mol. The number of unbranched alkanes of at least 4 members (excludes halogenated alkanes) is 1. The highest BCUT2D eigenvalue weighted by molar-refractivity contribution is 4.96. The second kappa shape index (κ2) is 4.81. The van der Waals surface area contributed by atoms with Gasteiger partial charge in [0.2, 0.25) is 0 Å². The summed E-state index contributed by atoms with van der Waals surface area (Å²) in [5.74, 6) is 0.987. The molecule has 0 amide bonds. The van der Waals surface area contributed by atoms with Crippen LogP contribution in [0.1, 0.15) is 64.7 Å². The molecule has 0 bridgehead atoms. The predicted molar refractivity (Wildman–Crippen MR) is 62.7 cm³/mol. The van der Waals surface area contributed by atoms with Crippen LogP contribution in [-0.2, 0) is 0 Å². The zero-order valence-corrected chi connectivity index (χ0v) is 10.7. The summed E-state index contributed by atoms with van der Waals surface area (Å²) in [5, 5.41) is 0. The van der Waals surface area contributed by atoms with Crippen molar-refractivity contribution in [2.45, 2.75) is 70.9 Å². The zero-order valence-electron chi connectivity index (χ0n) is 10.7.